The highest BCUT2D eigenvalue weighted by atomic mass is 35.5. The molecule has 0 saturated heterocycles. The highest BCUT2D eigenvalue weighted by Crippen LogP contribution is 2.32. The molecule has 7 heteroatoms. The lowest BCUT2D eigenvalue weighted by Crippen LogP contribution is -1.90. The molecule has 4 nitrogen and oxygen atoms in total. The number of nitrogens with zero attached hydrogens (tertiary/aromatic N) is 3. The Labute approximate surface area is 141 Å². The minimum absolute atomic E-state index is 0.572. The van der Waals surface area contributed by atoms with E-state index in [4.69, 9.17) is 23.2 Å². The maximum atomic E-state index is 6.18. The van der Waals surface area contributed by atoms with E-state index in [0.29, 0.717) is 15.2 Å². The maximum Gasteiger partial charge on any atom is 0.203 e. The van der Waals surface area contributed by atoms with Crippen LogP contribution in [0, 0.1) is 0 Å². The lowest BCUT2D eigenvalue weighted by Gasteiger charge is -2.00. The summed E-state index contributed by atoms with van der Waals surface area (Å²) >= 11 is 13.5. The van der Waals surface area contributed by atoms with Crippen LogP contribution < -0.4 is 5.43 Å². The molecule has 1 aromatic carbocycles. The molecule has 0 unspecified atom stereocenters. The highest BCUT2D eigenvalue weighted by Gasteiger charge is 2.08. The smallest absolute Gasteiger partial charge is 0.203 e. The summed E-state index contributed by atoms with van der Waals surface area (Å²) < 4.78 is 0. The van der Waals surface area contributed by atoms with Gasteiger partial charge < -0.3 is 0 Å². The molecule has 0 amide bonds. The van der Waals surface area contributed by atoms with Gasteiger partial charge >= 0.3 is 0 Å². The fourth-order valence-corrected chi connectivity index (χ4v) is 2.93. The molecule has 0 fully saturated rings. The molecule has 2 aromatic heterocycles. The van der Waals surface area contributed by atoms with E-state index in [1.165, 1.54) is 11.3 Å². The van der Waals surface area contributed by atoms with Gasteiger partial charge in [0.05, 0.1) is 16.9 Å². The van der Waals surface area contributed by atoms with Crippen molar-refractivity contribution >= 4 is 45.9 Å². The number of anilines is 1. The number of thiazole rings is 1. The molecule has 0 aliphatic rings. The first-order valence-corrected chi connectivity index (χ1v) is 7.96. The molecule has 22 heavy (non-hydrogen) atoms. The van der Waals surface area contributed by atoms with Crippen molar-refractivity contribution in [2.24, 2.45) is 5.10 Å². The summed E-state index contributed by atoms with van der Waals surface area (Å²) in [5.41, 5.74) is 5.43. The predicted molar refractivity (Wildman–Crippen MR) is 93.0 cm³/mol. The number of pyridine rings is 1. The van der Waals surface area contributed by atoms with E-state index in [2.05, 4.69) is 20.5 Å². The van der Waals surface area contributed by atoms with Gasteiger partial charge in [0.25, 0.3) is 0 Å². The molecule has 0 spiro atoms. The van der Waals surface area contributed by atoms with E-state index in [1.54, 1.807) is 30.7 Å². The van der Waals surface area contributed by atoms with E-state index in [0.717, 1.165) is 16.8 Å². The third kappa shape index (κ3) is 3.62. The normalized spacial score (nSPS) is 11.0. The Bertz CT molecular complexity index is 802. The second kappa shape index (κ2) is 6.87. The molecule has 0 saturated carbocycles. The number of hydrogen-bond acceptors (Lipinski definition) is 5. The van der Waals surface area contributed by atoms with E-state index in [9.17, 15) is 0 Å². The average Bonchev–Trinajstić information content (AvgIpc) is 2.97. The van der Waals surface area contributed by atoms with Crippen molar-refractivity contribution < 1.29 is 0 Å². The summed E-state index contributed by atoms with van der Waals surface area (Å²) in [6.45, 7) is 0. The van der Waals surface area contributed by atoms with Gasteiger partial charge in [0, 0.05) is 33.9 Å². The van der Waals surface area contributed by atoms with Crippen LogP contribution in [0.4, 0.5) is 5.13 Å². The van der Waals surface area contributed by atoms with Gasteiger partial charge in [-0.05, 0) is 24.3 Å². The van der Waals surface area contributed by atoms with Crippen LogP contribution in [0.1, 0.15) is 5.56 Å². The first-order valence-electron chi connectivity index (χ1n) is 6.32. The first kappa shape index (κ1) is 15.0. The molecule has 110 valence electrons. The molecule has 3 aromatic rings. The molecule has 0 aliphatic carbocycles. The molecule has 2 heterocycles. The van der Waals surface area contributed by atoms with Gasteiger partial charge in [-0.25, -0.2) is 4.98 Å². The predicted octanol–water partition coefficient (Wildman–Crippen LogP) is 4.96. The summed E-state index contributed by atoms with van der Waals surface area (Å²) in [5, 5.41) is 7.90. The Kier molecular flexibility index (Phi) is 4.68. The van der Waals surface area contributed by atoms with Crippen LogP contribution >= 0.6 is 34.5 Å². The van der Waals surface area contributed by atoms with Crippen LogP contribution in [0.15, 0.2) is 53.2 Å². The monoisotopic (exact) mass is 348 g/mol. The number of hydrogen-bond donors (Lipinski definition) is 1. The van der Waals surface area contributed by atoms with Crippen molar-refractivity contribution in [3.05, 3.63) is 63.7 Å². The van der Waals surface area contributed by atoms with Gasteiger partial charge in [-0.2, -0.15) is 5.10 Å². The van der Waals surface area contributed by atoms with E-state index in [1.807, 2.05) is 23.6 Å². The van der Waals surface area contributed by atoms with Crippen LogP contribution in [0.5, 0.6) is 0 Å². The zero-order chi connectivity index (χ0) is 15.4. The lowest BCUT2D eigenvalue weighted by molar-refractivity contribution is 1.28. The SMILES string of the molecule is Clc1ccc(-c2csc(N/N=C/c3cccnc3)n2)c(Cl)c1. The van der Waals surface area contributed by atoms with Crippen molar-refractivity contribution in [3.63, 3.8) is 0 Å². The largest absolute Gasteiger partial charge is 0.264 e. The Balaban J connectivity index is 1.73. The summed E-state index contributed by atoms with van der Waals surface area (Å²) in [7, 11) is 0. The summed E-state index contributed by atoms with van der Waals surface area (Å²) in [6, 6.07) is 9.11. The number of nitrogens with one attached hydrogen (secondary N) is 1. The highest BCUT2D eigenvalue weighted by molar-refractivity contribution is 7.14. The zero-order valence-electron chi connectivity index (χ0n) is 11.2. The summed E-state index contributed by atoms with van der Waals surface area (Å²) in [4.78, 5) is 8.47. The molecule has 0 atom stereocenters. The molecule has 3 rings (SSSR count). The third-order valence-corrected chi connectivity index (χ3v) is 4.06. The Hall–Kier alpha value is -1.95. The number of benzene rings is 1. The van der Waals surface area contributed by atoms with Crippen molar-refractivity contribution in [3.8, 4) is 11.3 Å². The average molecular weight is 349 g/mol. The van der Waals surface area contributed by atoms with Gasteiger partial charge in [-0.3, -0.25) is 10.4 Å². The number of hydrazone groups is 1. The van der Waals surface area contributed by atoms with Gasteiger partial charge in [0.1, 0.15) is 0 Å². The second-order valence-corrected chi connectivity index (χ2v) is 6.02. The maximum absolute atomic E-state index is 6.18. The van der Waals surface area contributed by atoms with Crippen LogP contribution in [0.3, 0.4) is 0 Å². The second-order valence-electron chi connectivity index (χ2n) is 4.32. The standard InChI is InChI=1S/C15H10Cl2N4S/c16-11-3-4-12(13(17)6-11)14-9-22-15(20-14)21-19-8-10-2-1-5-18-7-10/h1-9H,(H,20,21)/b19-8+. The van der Waals surface area contributed by atoms with Gasteiger partial charge in [0.15, 0.2) is 0 Å². The van der Waals surface area contributed by atoms with E-state index >= 15 is 0 Å². The minimum Gasteiger partial charge on any atom is -0.264 e. The topological polar surface area (TPSA) is 50.2 Å². The minimum atomic E-state index is 0.572. The summed E-state index contributed by atoms with van der Waals surface area (Å²) in [6.07, 6.45) is 5.13. The number of halogens is 2. The van der Waals surface area contributed by atoms with Crippen LogP contribution in [-0.4, -0.2) is 16.2 Å². The van der Waals surface area contributed by atoms with Crippen molar-refractivity contribution in [1.82, 2.24) is 9.97 Å². The number of rotatable bonds is 4. The van der Waals surface area contributed by atoms with Crippen molar-refractivity contribution in [2.75, 3.05) is 5.43 Å². The lowest BCUT2D eigenvalue weighted by atomic mass is 10.2. The third-order valence-electron chi connectivity index (χ3n) is 2.77. The van der Waals surface area contributed by atoms with Gasteiger partial charge in [-0.15, -0.1) is 11.3 Å². The van der Waals surface area contributed by atoms with Crippen molar-refractivity contribution in [1.29, 1.82) is 0 Å². The fraction of sp³-hybridized carbons (Fsp3) is 0. The summed E-state index contributed by atoms with van der Waals surface area (Å²) in [5.74, 6) is 0. The molecule has 0 radical (unpaired) electrons. The van der Waals surface area contributed by atoms with Gasteiger partial charge in [0.2, 0.25) is 5.13 Å². The Morgan fingerprint density at radius 3 is 2.91 bits per heavy atom. The van der Waals surface area contributed by atoms with E-state index < -0.39 is 0 Å². The van der Waals surface area contributed by atoms with E-state index in [-0.39, 0.29) is 0 Å². The van der Waals surface area contributed by atoms with Gasteiger partial charge in [-0.1, -0.05) is 29.3 Å². The van der Waals surface area contributed by atoms with Crippen LogP contribution in [0.25, 0.3) is 11.3 Å². The Morgan fingerprint density at radius 1 is 1.23 bits per heavy atom. The first-order chi connectivity index (χ1) is 10.7. The zero-order valence-corrected chi connectivity index (χ0v) is 13.5. The fourth-order valence-electron chi connectivity index (χ4n) is 1.76. The quantitative estimate of drug-likeness (QED) is 0.535. The van der Waals surface area contributed by atoms with Crippen LogP contribution in [-0.2, 0) is 0 Å². The molecule has 0 aliphatic heterocycles. The molecule has 0 bridgehead atoms. The Morgan fingerprint density at radius 2 is 2.14 bits per heavy atom. The number of aromatic nitrogens is 2. The van der Waals surface area contributed by atoms with Crippen molar-refractivity contribution in [2.45, 2.75) is 0 Å². The molecular formula is C15H10Cl2N4S. The van der Waals surface area contributed by atoms with Crippen LogP contribution in [0.2, 0.25) is 10.0 Å². The molecule has 1 N–H and O–H groups in total. The molecular weight excluding hydrogens is 339 g/mol.